The minimum absolute atomic E-state index is 0. The van der Waals surface area contributed by atoms with E-state index in [0.29, 0.717) is 79.7 Å². The number of Topliss-reactive ketones (excluding diaryl/α,β-unsaturated/α-hetero) is 1. The maximum atomic E-state index is 10.5. The third-order valence-electron chi connectivity index (χ3n) is 21.0. The molecule has 1 aromatic heterocycles. The van der Waals surface area contributed by atoms with Crippen LogP contribution in [0.4, 0.5) is 0 Å². The smallest absolute Gasteiger partial charge is 0.137 e. The van der Waals surface area contributed by atoms with Crippen molar-refractivity contribution in [2.75, 3.05) is 226 Å². The first-order chi connectivity index (χ1) is 66.6. The number of aliphatic hydroxyl groups excluding tert-OH is 1. The number of nitrogens with two attached hydrogens (primary N) is 1. The number of piperazine rings is 2. The van der Waals surface area contributed by atoms with Gasteiger partial charge < -0.3 is 107 Å². The van der Waals surface area contributed by atoms with Crippen molar-refractivity contribution in [2.45, 2.75) is 474 Å². The third-order valence-corrected chi connectivity index (χ3v) is 21.0. The molecule has 1 aromatic rings. The Morgan fingerprint density at radius 1 is 0.497 bits per heavy atom. The molecule has 0 aromatic carbocycles. The lowest BCUT2D eigenvalue weighted by Crippen LogP contribution is -2.47. The van der Waals surface area contributed by atoms with E-state index in [-0.39, 0.29) is 26.1 Å². The summed E-state index contributed by atoms with van der Waals surface area (Å²) in [7, 11) is 11.8. The average molecular weight is 2060 g/mol. The van der Waals surface area contributed by atoms with E-state index in [0.717, 1.165) is 159 Å². The fraction of sp³-hybridized carbons (Fsp3) is 0.940. The second kappa shape index (κ2) is 132. The number of carbonyl (C=O) groups is 2. The fourth-order valence-corrected chi connectivity index (χ4v) is 11.8. The van der Waals surface area contributed by atoms with Crippen molar-refractivity contribution in [3.8, 4) is 5.75 Å². The van der Waals surface area contributed by atoms with E-state index in [1.54, 1.807) is 40.5 Å². The van der Waals surface area contributed by atoms with Crippen LogP contribution in [0.5, 0.6) is 5.75 Å². The Labute approximate surface area is 898 Å². The van der Waals surface area contributed by atoms with Gasteiger partial charge in [-0.2, -0.15) is 0 Å². The molecule has 0 atom stereocenters. The first kappa shape index (κ1) is 174. The number of likely N-dealkylation sites (tertiary alicyclic amines) is 2. The van der Waals surface area contributed by atoms with Gasteiger partial charge in [-0.25, -0.2) is 0 Å². The lowest BCUT2D eigenvalue weighted by atomic mass is 9.89. The number of nitrogens with one attached hydrogen (secondary N) is 8. The molecule has 7 aliphatic rings. The Morgan fingerprint density at radius 3 is 1.06 bits per heavy atom. The number of carbonyl (C=O) groups excluding carboxylic acids is 2. The molecule has 0 bridgehead atoms. The minimum atomic E-state index is -0.579. The van der Waals surface area contributed by atoms with Gasteiger partial charge in [-0.3, -0.25) is 24.5 Å². The molecule has 26 nitrogen and oxygen atoms in total. The van der Waals surface area contributed by atoms with Crippen LogP contribution in [0.3, 0.4) is 0 Å². The summed E-state index contributed by atoms with van der Waals surface area (Å²) in [6.07, 6.45) is 15.2. The molecule has 1 saturated carbocycles. The number of aromatic nitrogens is 1. The molecule has 6 saturated heterocycles. The largest absolute Gasteiger partial charge is 0.489 e. The highest BCUT2D eigenvalue weighted by atomic mass is 16.5. The van der Waals surface area contributed by atoms with E-state index in [4.69, 9.17) is 39.3 Å². The SMILES string of the molecule is C.C=O.CC.CC.CC.CC.CC(C)C1CC1.CC(C)C1CCOCC1.CC(C)N.CC(C)N1CCC1.CC(C)N1CCCC1.CC(C)N1CCN(C)CC1.CC(C)N1CCNCC1.CC(C)N1CCOCC1.CC(C)NCC(C)(C)O.CC(C)NCCN(C)C.CC(C)NCCO.CC(C)Oc1cccnc1.CCC(=O)C(C)C.CCNC(C)C.CNC(C)C.COCCCNC(C)C.COCCNC(C)C. The number of nitrogens with zero attached hydrogens (tertiary/aromatic N) is 8. The van der Waals surface area contributed by atoms with Gasteiger partial charge in [-0.05, 0) is 258 Å². The molecule has 7 fully saturated rings. The number of likely N-dealkylation sites (N-methyl/N-ethyl adjacent to an activating group) is 2. The molecule has 7 heterocycles. The van der Waals surface area contributed by atoms with E-state index < -0.39 is 5.60 Å². The zero-order valence-corrected chi connectivity index (χ0v) is 106. The molecule has 0 spiro atoms. The number of ketones is 1. The van der Waals surface area contributed by atoms with E-state index in [1.807, 2.05) is 130 Å². The zero-order chi connectivity index (χ0) is 114. The average Bonchev–Trinajstić information content (AvgIpc) is 1.69. The topological polar surface area (TPSA) is 279 Å². The van der Waals surface area contributed by atoms with Gasteiger partial charge in [0.15, 0.2) is 0 Å². The Kier molecular flexibility index (Phi) is 160. The normalized spacial score (nSPS) is 15.0. The molecule has 1 aliphatic carbocycles. The van der Waals surface area contributed by atoms with Crippen molar-refractivity contribution >= 4 is 12.6 Å². The van der Waals surface area contributed by atoms with Crippen LogP contribution in [0.2, 0.25) is 0 Å². The minimum Gasteiger partial charge on any atom is -0.489 e. The van der Waals surface area contributed by atoms with Gasteiger partial charge in [0.05, 0.1) is 44.3 Å². The molecule has 0 radical (unpaired) electrons. The maximum Gasteiger partial charge on any atom is 0.137 e. The fourth-order valence-electron chi connectivity index (χ4n) is 11.8. The van der Waals surface area contributed by atoms with Crippen LogP contribution in [-0.2, 0) is 28.5 Å². The lowest BCUT2D eigenvalue weighted by molar-refractivity contribution is -0.121. The summed E-state index contributed by atoms with van der Waals surface area (Å²) < 4.78 is 25.5. The Balaban J connectivity index is -0.0000000934. The number of hydrogen-bond donors (Lipinski definition) is 11. The summed E-state index contributed by atoms with van der Waals surface area (Å²) in [5.74, 6) is 5.25. The monoisotopic (exact) mass is 2060 g/mol. The summed E-state index contributed by atoms with van der Waals surface area (Å²) in [6, 6.07) is 11.8. The van der Waals surface area contributed by atoms with Gasteiger partial charge in [0.2, 0.25) is 0 Å². The molecular weight excluding hydrogens is 1790 g/mol. The van der Waals surface area contributed by atoms with E-state index >= 15 is 0 Å². The number of methoxy groups -OCH3 is 2. The number of hydrogen-bond acceptors (Lipinski definition) is 26. The standard InChI is InChI=1S/C8H18N2.C8H11NO.C8H16O.C7H16N2.C7H18N2.C7H15NO.2C7H17NO.C7H15N.C6H15NO.C6H13N.C6H12O.C6H12.C5H13NO.C5H13N.C4H11N.C3H9N.4C2H6.CH2O.CH4/c1-8(2)10-6-4-9(3)5-7-10;1-7(2)10-8-4-3-5-9-6-8;1-7(2)8-3-5-9-6-4-8;1-7(2)9-5-3-8-4-6-9;1-7(2)8-5-6-9(3)4;1-7(2)8-3-5-9-6-4-8;1-6(2)8-5-7(3,4)9;1-7(2)8-5-4-6-9-3;1-7(2)8-5-3-4-6-8;1-6(2)7-4-5-8-3;1-6(2)7-4-3-5-7;1-4-6(7)5(2)3;1-5(2)6-3-4-6;1-5(2)6-3-4-7;1-4-6-5(2)3;1-4(2)5-3;1-3(2)4;5*1-2;/h8H,4-7H2,1-3H3;3-7H,1-2H3;2*7-8H,3-6H2,1-2H3;7-8H,5-6H2,1-4H3;7H,3-6H2,1-2H3;6,8-9H,5H2,1-4H3;7-8H,4-6H2,1-3H3;7H,3-6H2,1-2H3;6-7H,4-5H2,1-3H3;6H,3-5H2,1-2H3;5H,4H2,1-3H3;5-6H,3-4H2,1-2H3;5-7H,3-4H2,1-2H3;5-6H,4H2,1-3H3;4-5H,1-3H3;3H,4H2,1-2H3;4*1-2H3;1H2;1H4. The number of ether oxygens (including phenoxy) is 5. The van der Waals surface area contributed by atoms with Crippen LogP contribution in [0, 0.1) is 29.6 Å². The van der Waals surface area contributed by atoms with Crippen molar-refractivity contribution in [2.24, 2.45) is 35.3 Å². The third kappa shape index (κ3) is 167. The van der Waals surface area contributed by atoms with Crippen LogP contribution >= 0.6 is 0 Å². The van der Waals surface area contributed by atoms with E-state index in [1.165, 1.54) is 110 Å². The van der Waals surface area contributed by atoms with Gasteiger partial charge in [-0.15, -0.1) is 0 Å². The number of morpholine rings is 1. The highest BCUT2D eigenvalue weighted by Gasteiger charge is 2.24. The Bertz CT molecular complexity index is 2280. The van der Waals surface area contributed by atoms with Gasteiger partial charge in [-0.1, -0.05) is 229 Å². The van der Waals surface area contributed by atoms with Crippen molar-refractivity contribution in [1.29, 1.82) is 0 Å². The molecular formula is C117H271N17O9. The van der Waals surface area contributed by atoms with E-state index in [2.05, 4.69) is 304 Å². The molecule has 143 heavy (non-hydrogen) atoms. The van der Waals surface area contributed by atoms with Gasteiger partial charge >= 0.3 is 0 Å². The molecule has 8 rings (SSSR count). The quantitative estimate of drug-likeness (QED) is 0.0292. The van der Waals surface area contributed by atoms with Crippen molar-refractivity contribution in [3.05, 3.63) is 24.5 Å². The number of aliphatic hydroxyl groups is 2. The molecule has 878 valence electrons. The number of pyridine rings is 1. The summed E-state index contributed by atoms with van der Waals surface area (Å²) in [5.41, 5.74) is 4.53. The first-order valence-corrected chi connectivity index (χ1v) is 57.0. The summed E-state index contributed by atoms with van der Waals surface area (Å²) in [5, 5.41) is 43.1. The second-order valence-corrected chi connectivity index (χ2v) is 41.5. The predicted octanol–water partition coefficient (Wildman–Crippen LogP) is 21.3. The van der Waals surface area contributed by atoms with Crippen molar-refractivity contribution < 1.29 is 43.5 Å². The van der Waals surface area contributed by atoms with E-state index in [9.17, 15) is 9.90 Å². The van der Waals surface area contributed by atoms with Crippen molar-refractivity contribution in [3.63, 3.8) is 0 Å². The molecule has 26 heteroatoms. The highest BCUT2D eigenvalue weighted by molar-refractivity contribution is 5.79. The molecule has 0 amide bonds. The molecule has 0 unspecified atom stereocenters. The van der Waals surface area contributed by atoms with Gasteiger partial charge in [0.1, 0.15) is 18.3 Å². The van der Waals surface area contributed by atoms with Crippen LogP contribution in [0.1, 0.15) is 384 Å². The van der Waals surface area contributed by atoms with Gasteiger partial charge in [0, 0.05) is 223 Å². The predicted molar refractivity (Wildman–Crippen MR) is 642 cm³/mol. The van der Waals surface area contributed by atoms with Crippen molar-refractivity contribution in [1.82, 2.24) is 81.8 Å². The van der Waals surface area contributed by atoms with Crippen LogP contribution < -0.4 is 53.0 Å². The molecule has 12 N–H and O–H groups in total. The first-order valence-electron chi connectivity index (χ1n) is 57.0. The van der Waals surface area contributed by atoms with Crippen LogP contribution in [0.25, 0.3) is 0 Å². The maximum absolute atomic E-state index is 10.5. The molecule has 6 aliphatic heterocycles. The second-order valence-electron chi connectivity index (χ2n) is 41.5. The van der Waals surface area contributed by atoms with Gasteiger partial charge in [0.25, 0.3) is 0 Å². The summed E-state index contributed by atoms with van der Waals surface area (Å²) >= 11 is 0. The Hall–Kier alpha value is -2.59. The summed E-state index contributed by atoms with van der Waals surface area (Å²) in [4.78, 5) is 39.4. The van der Waals surface area contributed by atoms with Crippen LogP contribution in [0.15, 0.2) is 24.5 Å². The Morgan fingerprint density at radius 2 is 0.839 bits per heavy atom. The number of rotatable bonds is 33. The van der Waals surface area contributed by atoms with Crippen LogP contribution in [-0.4, -0.2) is 378 Å². The summed E-state index contributed by atoms with van der Waals surface area (Å²) in [6.45, 7) is 128. The lowest BCUT2D eigenvalue weighted by Gasteiger charge is -2.34. The highest BCUT2D eigenvalue weighted by Crippen LogP contribution is 2.35. The zero-order valence-electron chi connectivity index (χ0n) is 106.